The summed E-state index contributed by atoms with van der Waals surface area (Å²) < 4.78 is 16.5. The SMILES string of the molecule is Cc1coc(C(=O)N2CCC3(CC2)OCCO3)c1. The van der Waals surface area contributed by atoms with Crippen LogP contribution >= 0.6 is 0 Å². The molecule has 1 spiro atoms. The lowest BCUT2D eigenvalue weighted by Crippen LogP contribution is -2.47. The van der Waals surface area contributed by atoms with Crippen molar-refractivity contribution in [2.45, 2.75) is 25.6 Å². The van der Waals surface area contributed by atoms with Crippen LogP contribution in [0.2, 0.25) is 0 Å². The van der Waals surface area contributed by atoms with Gasteiger partial charge in [0.2, 0.25) is 0 Å². The number of carbonyl (C=O) groups is 1. The van der Waals surface area contributed by atoms with Gasteiger partial charge in [-0.15, -0.1) is 0 Å². The highest BCUT2D eigenvalue weighted by Gasteiger charge is 2.41. The molecule has 2 aliphatic heterocycles. The van der Waals surface area contributed by atoms with Gasteiger partial charge in [0.25, 0.3) is 5.91 Å². The highest BCUT2D eigenvalue weighted by Crippen LogP contribution is 2.31. The van der Waals surface area contributed by atoms with E-state index in [1.165, 1.54) is 0 Å². The Morgan fingerprint density at radius 2 is 1.94 bits per heavy atom. The number of furan rings is 1. The molecule has 98 valence electrons. The average Bonchev–Trinajstić information content (AvgIpc) is 3.00. The molecule has 5 heteroatoms. The number of aryl methyl sites for hydroxylation is 1. The second kappa shape index (κ2) is 4.40. The zero-order valence-corrected chi connectivity index (χ0v) is 10.5. The molecule has 1 amide bonds. The Labute approximate surface area is 106 Å². The molecule has 0 N–H and O–H groups in total. The van der Waals surface area contributed by atoms with E-state index in [0.29, 0.717) is 32.1 Å². The van der Waals surface area contributed by atoms with Gasteiger partial charge in [0, 0.05) is 25.9 Å². The normalized spacial score (nSPS) is 22.6. The molecular weight excluding hydrogens is 234 g/mol. The number of hydrogen-bond acceptors (Lipinski definition) is 4. The van der Waals surface area contributed by atoms with Crippen LogP contribution in [0.4, 0.5) is 0 Å². The predicted octanol–water partition coefficient (Wildman–Crippen LogP) is 1.57. The van der Waals surface area contributed by atoms with Crippen molar-refractivity contribution in [1.29, 1.82) is 0 Å². The van der Waals surface area contributed by atoms with Crippen LogP contribution in [-0.2, 0) is 9.47 Å². The molecule has 0 radical (unpaired) electrons. The lowest BCUT2D eigenvalue weighted by Gasteiger charge is -2.37. The van der Waals surface area contributed by atoms with E-state index < -0.39 is 5.79 Å². The first-order valence-corrected chi connectivity index (χ1v) is 6.31. The second-order valence-corrected chi connectivity index (χ2v) is 4.89. The van der Waals surface area contributed by atoms with Crippen molar-refractivity contribution in [3.05, 3.63) is 23.7 Å². The van der Waals surface area contributed by atoms with E-state index >= 15 is 0 Å². The lowest BCUT2D eigenvalue weighted by molar-refractivity contribution is -0.181. The molecule has 0 aliphatic carbocycles. The summed E-state index contributed by atoms with van der Waals surface area (Å²) in [7, 11) is 0. The molecule has 5 nitrogen and oxygen atoms in total. The first-order valence-electron chi connectivity index (χ1n) is 6.31. The van der Waals surface area contributed by atoms with E-state index in [2.05, 4.69) is 0 Å². The molecule has 0 bridgehead atoms. The molecule has 0 aromatic carbocycles. The number of rotatable bonds is 1. The minimum atomic E-state index is -0.435. The van der Waals surface area contributed by atoms with Crippen LogP contribution in [0.5, 0.6) is 0 Å². The molecule has 2 saturated heterocycles. The van der Waals surface area contributed by atoms with Crippen molar-refractivity contribution in [2.75, 3.05) is 26.3 Å². The highest BCUT2D eigenvalue weighted by atomic mass is 16.7. The minimum Gasteiger partial charge on any atom is -0.459 e. The third-order valence-corrected chi connectivity index (χ3v) is 3.57. The van der Waals surface area contributed by atoms with E-state index in [0.717, 1.165) is 18.4 Å². The Morgan fingerprint density at radius 1 is 1.28 bits per heavy atom. The fraction of sp³-hybridized carbons (Fsp3) is 0.615. The van der Waals surface area contributed by atoms with Crippen LogP contribution in [0.15, 0.2) is 16.7 Å². The number of carbonyl (C=O) groups excluding carboxylic acids is 1. The molecule has 18 heavy (non-hydrogen) atoms. The summed E-state index contributed by atoms with van der Waals surface area (Å²) in [6, 6.07) is 1.77. The van der Waals surface area contributed by atoms with Gasteiger partial charge in [-0.1, -0.05) is 0 Å². The van der Waals surface area contributed by atoms with Gasteiger partial charge in [-0.2, -0.15) is 0 Å². The number of nitrogens with zero attached hydrogens (tertiary/aromatic N) is 1. The Bertz CT molecular complexity index is 438. The molecule has 0 unspecified atom stereocenters. The van der Waals surface area contributed by atoms with Gasteiger partial charge < -0.3 is 18.8 Å². The van der Waals surface area contributed by atoms with E-state index in [-0.39, 0.29) is 5.91 Å². The van der Waals surface area contributed by atoms with E-state index in [1.807, 2.05) is 6.92 Å². The van der Waals surface area contributed by atoms with E-state index in [9.17, 15) is 4.79 Å². The maximum absolute atomic E-state index is 12.2. The Balaban J connectivity index is 1.64. The number of amides is 1. The van der Waals surface area contributed by atoms with Gasteiger partial charge in [-0.25, -0.2) is 0 Å². The molecule has 1 aromatic heterocycles. The van der Waals surface area contributed by atoms with E-state index in [4.69, 9.17) is 13.9 Å². The van der Waals surface area contributed by atoms with Crippen molar-refractivity contribution in [3.63, 3.8) is 0 Å². The number of ether oxygens (including phenoxy) is 2. The average molecular weight is 251 g/mol. The summed E-state index contributed by atoms with van der Waals surface area (Å²) in [4.78, 5) is 14.0. The Morgan fingerprint density at radius 3 is 2.50 bits per heavy atom. The lowest BCUT2D eigenvalue weighted by atomic mass is 10.0. The summed E-state index contributed by atoms with van der Waals surface area (Å²) in [5.74, 6) is -0.0665. The summed E-state index contributed by atoms with van der Waals surface area (Å²) in [6.07, 6.45) is 3.07. The van der Waals surface area contributed by atoms with Crippen LogP contribution in [0.3, 0.4) is 0 Å². The van der Waals surface area contributed by atoms with Crippen LogP contribution in [-0.4, -0.2) is 42.9 Å². The monoisotopic (exact) mass is 251 g/mol. The van der Waals surface area contributed by atoms with Crippen LogP contribution in [0.25, 0.3) is 0 Å². The van der Waals surface area contributed by atoms with Crippen molar-refractivity contribution in [3.8, 4) is 0 Å². The Hall–Kier alpha value is -1.33. The van der Waals surface area contributed by atoms with Gasteiger partial charge in [-0.05, 0) is 18.6 Å². The standard InChI is InChI=1S/C13H17NO4/c1-10-8-11(16-9-10)12(15)14-4-2-13(3-5-14)17-6-7-18-13/h8-9H,2-7H2,1H3. The molecule has 3 rings (SSSR count). The molecule has 0 atom stereocenters. The zero-order chi connectivity index (χ0) is 12.6. The van der Waals surface area contributed by atoms with Crippen molar-refractivity contribution < 1.29 is 18.7 Å². The number of piperidine rings is 1. The predicted molar refractivity (Wildman–Crippen MR) is 63.2 cm³/mol. The molecule has 2 aliphatic rings. The van der Waals surface area contributed by atoms with Crippen molar-refractivity contribution >= 4 is 5.91 Å². The second-order valence-electron chi connectivity index (χ2n) is 4.89. The zero-order valence-electron chi connectivity index (χ0n) is 10.5. The summed E-state index contributed by atoms with van der Waals surface area (Å²) in [6.45, 7) is 4.53. The van der Waals surface area contributed by atoms with Crippen molar-refractivity contribution in [2.24, 2.45) is 0 Å². The van der Waals surface area contributed by atoms with Gasteiger partial charge in [0.1, 0.15) is 0 Å². The molecule has 2 fully saturated rings. The fourth-order valence-corrected chi connectivity index (χ4v) is 2.54. The maximum atomic E-state index is 12.2. The van der Waals surface area contributed by atoms with Gasteiger partial charge >= 0.3 is 0 Å². The number of hydrogen-bond donors (Lipinski definition) is 0. The van der Waals surface area contributed by atoms with Gasteiger partial charge in [0.15, 0.2) is 11.5 Å². The summed E-state index contributed by atoms with van der Waals surface area (Å²) in [5, 5.41) is 0. The minimum absolute atomic E-state index is 0.0454. The number of likely N-dealkylation sites (tertiary alicyclic amines) is 1. The quantitative estimate of drug-likeness (QED) is 0.760. The summed E-state index contributed by atoms with van der Waals surface area (Å²) >= 11 is 0. The first-order chi connectivity index (χ1) is 8.69. The largest absolute Gasteiger partial charge is 0.459 e. The fourth-order valence-electron chi connectivity index (χ4n) is 2.54. The smallest absolute Gasteiger partial charge is 0.289 e. The van der Waals surface area contributed by atoms with Crippen molar-refractivity contribution in [1.82, 2.24) is 4.90 Å². The van der Waals surface area contributed by atoms with Gasteiger partial charge in [0.05, 0.1) is 19.5 Å². The third-order valence-electron chi connectivity index (χ3n) is 3.57. The first kappa shape index (κ1) is 11.7. The molecular formula is C13H17NO4. The van der Waals surface area contributed by atoms with Crippen LogP contribution in [0, 0.1) is 6.92 Å². The van der Waals surface area contributed by atoms with Crippen LogP contribution < -0.4 is 0 Å². The topological polar surface area (TPSA) is 51.9 Å². The molecule has 0 saturated carbocycles. The Kier molecular flexibility index (Phi) is 2.87. The highest BCUT2D eigenvalue weighted by molar-refractivity contribution is 5.91. The van der Waals surface area contributed by atoms with Crippen LogP contribution in [0.1, 0.15) is 29.0 Å². The molecule has 1 aromatic rings. The van der Waals surface area contributed by atoms with Gasteiger partial charge in [-0.3, -0.25) is 4.79 Å². The summed E-state index contributed by atoms with van der Waals surface area (Å²) in [5.41, 5.74) is 0.967. The van der Waals surface area contributed by atoms with E-state index in [1.54, 1.807) is 17.2 Å². The third kappa shape index (κ3) is 2.04. The maximum Gasteiger partial charge on any atom is 0.289 e. The molecule has 3 heterocycles.